The zero-order valence-electron chi connectivity index (χ0n) is 35.0. The van der Waals surface area contributed by atoms with Crippen molar-refractivity contribution in [3.05, 3.63) is 144 Å². The summed E-state index contributed by atoms with van der Waals surface area (Å²) in [6.45, 7) is 31.3. The Kier molecular flexibility index (Phi) is 9.35. The first-order valence-corrected chi connectivity index (χ1v) is 20.2. The predicted molar refractivity (Wildman–Crippen MR) is 242 cm³/mol. The minimum atomic E-state index is -0.418. The molecule has 0 N–H and O–H groups in total. The van der Waals surface area contributed by atoms with Gasteiger partial charge >= 0.3 is 14.2 Å². The van der Waals surface area contributed by atoms with Crippen molar-refractivity contribution >= 4 is 80.4 Å². The Hall–Kier alpha value is -6.13. The summed E-state index contributed by atoms with van der Waals surface area (Å²) in [6, 6.07) is 40.0. The summed E-state index contributed by atoms with van der Waals surface area (Å²) in [4.78, 5) is 7.22. The fraction of sp³-hybridized carbons (Fsp3) is 0.240. The third-order valence-corrected chi connectivity index (χ3v) is 12.7. The number of fused-ring (bicyclic) bond motifs is 6. The molecule has 0 amide bonds. The minimum absolute atomic E-state index is 0.364. The fourth-order valence-corrected chi connectivity index (χ4v) is 7.87. The molecule has 2 aliphatic heterocycles. The Balaban J connectivity index is 0.000000154. The lowest BCUT2D eigenvalue weighted by Crippen LogP contribution is -2.41. The summed E-state index contributed by atoms with van der Waals surface area (Å²) in [5, 5.41) is 3.95. The Morgan fingerprint density at radius 2 is 0.783 bits per heavy atom. The van der Waals surface area contributed by atoms with Crippen molar-refractivity contribution in [2.24, 2.45) is 0 Å². The highest BCUT2D eigenvalue weighted by atomic mass is 16.7. The van der Waals surface area contributed by atoms with Crippen LogP contribution in [0.4, 0.5) is 11.4 Å². The van der Waals surface area contributed by atoms with Crippen molar-refractivity contribution in [2.45, 2.75) is 77.8 Å². The van der Waals surface area contributed by atoms with Crippen LogP contribution in [0.2, 0.25) is 0 Å². The summed E-state index contributed by atoms with van der Waals surface area (Å²) in [7, 11) is -0.800. The van der Waals surface area contributed by atoms with Gasteiger partial charge in [-0.3, -0.25) is 0 Å². The van der Waals surface area contributed by atoms with Crippen LogP contribution in [0.1, 0.15) is 55.4 Å². The van der Waals surface area contributed by atoms with Gasteiger partial charge in [-0.05, 0) is 77.4 Å². The molecule has 2 aliphatic rings. The molecule has 0 unspecified atom stereocenters. The van der Waals surface area contributed by atoms with Crippen LogP contribution in [0.25, 0.3) is 75.8 Å². The smallest absolute Gasteiger partial charge is 0.466 e. The molecule has 0 saturated carbocycles. The third-order valence-electron chi connectivity index (χ3n) is 12.7. The Labute approximate surface area is 350 Å². The molecule has 0 radical (unpaired) electrons. The molecule has 296 valence electrons. The van der Waals surface area contributed by atoms with Gasteiger partial charge in [0.15, 0.2) is 0 Å². The van der Waals surface area contributed by atoms with Crippen LogP contribution in [0.3, 0.4) is 0 Å². The zero-order chi connectivity index (χ0) is 42.2. The van der Waals surface area contributed by atoms with Crippen molar-refractivity contribution < 1.29 is 27.5 Å². The molecule has 0 aliphatic carbocycles. The van der Waals surface area contributed by atoms with E-state index in [2.05, 4.69) is 89.3 Å². The van der Waals surface area contributed by atoms with Crippen LogP contribution in [0.5, 0.6) is 0 Å². The average Bonchev–Trinajstić information content (AvgIpc) is 3.94. The maximum atomic E-state index is 7.44. The van der Waals surface area contributed by atoms with Gasteiger partial charge in [0.2, 0.25) is 11.4 Å². The van der Waals surface area contributed by atoms with Crippen LogP contribution in [-0.4, -0.2) is 36.6 Å². The number of furan rings is 2. The molecular formula is C50H44B2N2O6. The molecule has 2 saturated heterocycles. The van der Waals surface area contributed by atoms with Gasteiger partial charge in [0, 0.05) is 32.7 Å². The first kappa shape index (κ1) is 39.3. The van der Waals surface area contributed by atoms with Gasteiger partial charge < -0.3 is 27.5 Å². The van der Waals surface area contributed by atoms with E-state index in [0.717, 1.165) is 65.9 Å². The summed E-state index contributed by atoms with van der Waals surface area (Å²) in [6.07, 6.45) is 0. The number of rotatable bonds is 4. The van der Waals surface area contributed by atoms with E-state index in [1.807, 2.05) is 84.9 Å². The van der Waals surface area contributed by atoms with E-state index in [0.29, 0.717) is 22.5 Å². The average molecular weight is 791 g/mol. The van der Waals surface area contributed by atoms with Crippen molar-refractivity contribution in [1.82, 2.24) is 0 Å². The lowest BCUT2D eigenvalue weighted by molar-refractivity contribution is 0.00578. The third kappa shape index (κ3) is 6.48. The van der Waals surface area contributed by atoms with Crippen LogP contribution in [0, 0.1) is 13.1 Å². The largest absolute Gasteiger partial charge is 0.494 e. The highest BCUT2D eigenvalue weighted by Gasteiger charge is 2.52. The normalized spacial score (nSPS) is 17.5. The van der Waals surface area contributed by atoms with Gasteiger partial charge in [-0.25, -0.2) is 9.69 Å². The van der Waals surface area contributed by atoms with Gasteiger partial charge in [-0.15, -0.1) is 0 Å². The highest BCUT2D eigenvalue weighted by Crippen LogP contribution is 2.42. The van der Waals surface area contributed by atoms with Crippen LogP contribution in [0.15, 0.2) is 130 Å². The van der Waals surface area contributed by atoms with Crippen molar-refractivity contribution in [1.29, 1.82) is 0 Å². The summed E-state index contributed by atoms with van der Waals surface area (Å²) in [5.74, 6) is 0. The quantitative estimate of drug-likeness (QED) is 0.131. The topological polar surface area (TPSA) is 71.9 Å². The number of nitrogens with zero attached hydrogens (tertiary/aromatic N) is 2. The first-order chi connectivity index (χ1) is 28.6. The molecule has 8 aromatic rings. The monoisotopic (exact) mass is 790 g/mol. The van der Waals surface area contributed by atoms with Crippen LogP contribution in [-0.2, 0) is 18.6 Å². The maximum Gasteiger partial charge on any atom is 0.494 e. The molecular weight excluding hydrogens is 746 g/mol. The molecule has 10 rings (SSSR count). The molecule has 8 nitrogen and oxygen atoms in total. The van der Waals surface area contributed by atoms with Gasteiger partial charge in [0.1, 0.15) is 22.3 Å². The number of para-hydroxylation sites is 4. The molecule has 0 spiro atoms. The SMILES string of the molecule is [C-]#[N+]c1cccc2c1oc1c(-c3ccc(B4OC(C)(C)C(C)(C)O4)cc3)cccc12.[C-]#[N+]c1cccc2c1oc1c(-c3cccc(B4OC(C)(C)C(C)(C)O4)c3)cccc12. The second-order valence-corrected chi connectivity index (χ2v) is 17.5. The second-order valence-electron chi connectivity index (χ2n) is 17.5. The molecule has 0 atom stereocenters. The van der Waals surface area contributed by atoms with Crippen LogP contribution >= 0.6 is 0 Å². The Morgan fingerprint density at radius 1 is 0.400 bits per heavy atom. The molecule has 2 aromatic heterocycles. The van der Waals surface area contributed by atoms with E-state index in [4.69, 9.17) is 40.6 Å². The summed E-state index contributed by atoms with van der Waals surface area (Å²) in [5.41, 5.74) is 8.44. The van der Waals surface area contributed by atoms with E-state index in [1.165, 1.54) is 0 Å². The van der Waals surface area contributed by atoms with E-state index in [-0.39, 0.29) is 29.5 Å². The van der Waals surface area contributed by atoms with E-state index < -0.39 is 7.12 Å². The summed E-state index contributed by atoms with van der Waals surface area (Å²) >= 11 is 0. The van der Waals surface area contributed by atoms with Gasteiger partial charge in [0.05, 0.1) is 35.5 Å². The number of benzene rings is 6. The lowest BCUT2D eigenvalue weighted by Gasteiger charge is -2.32. The van der Waals surface area contributed by atoms with E-state index in [1.54, 1.807) is 12.1 Å². The molecule has 2 fully saturated rings. The zero-order valence-corrected chi connectivity index (χ0v) is 35.0. The van der Waals surface area contributed by atoms with Crippen molar-refractivity contribution in [3.8, 4) is 22.3 Å². The van der Waals surface area contributed by atoms with Crippen molar-refractivity contribution in [2.75, 3.05) is 0 Å². The Bertz CT molecular complexity index is 3020. The fourth-order valence-electron chi connectivity index (χ4n) is 7.87. The first-order valence-electron chi connectivity index (χ1n) is 20.2. The van der Waals surface area contributed by atoms with Gasteiger partial charge in [-0.2, -0.15) is 0 Å². The van der Waals surface area contributed by atoms with Crippen molar-refractivity contribution in [3.63, 3.8) is 0 Å². The Morgan fingerprint density at radius 3 is 1.23 bits per heavy atom. The van der Waals surface area contributed by atoms with Gasteiger partial charge in [0.25, 0.3) is 0 Å². The standard InChI is InChI=1S/2C25H22BNO3/c1-24(2)25(3,4)30-26(29-24)17-10-6-9-16(15-17)18-11-7-12-19-20-13-8-14-21(27-5)23(20)28-22(18)19;1-24(2)25(3,4)30-26(29-24)17-14-12-16(13-15-17)18-8-6-9-19-20-10-7-11-21(27-5)23(20)28-22(18)19/h2*6-15H,1-4H3. The molecule has 10 heteroatoms. The molecule has 0 bridgehead atoms. The molecule has 6 aromatic carbocycles. The van der Waals surface area contributed by atoms with Gasteiger partial charge in [-0.1, -0.05) is 121 Å². The summed E-state index contributed by atoms with van der Waals surface area (Å²) < 4.78 is 37.2. The molecule has 4 heterocycles. The number of hydrogen-bond donors (Lipinski definition) is 0. The van der Waals surface area contributed by atoms with E-state index >= 15 is 0 Å². The highest BCUT2D eigenvalue weighted by molar-refractivity contribution is 6.62. The minimum Gasteiger partial charge on any atom is -0.466 e. The lowest BCUT2D eigenvalue weighted by atomic mass is 9.78. The molecule has 60 heavy (non-hydrogen) atoms. The second kappa shape index (κ2) is 14.3. The predicted octanol–water partition coefficient (Wildman–Crippen LogP) is 12.2. The maximum absolute atomic E-state index is 7.44. The number of hydrogen-bond acceptors (Lipinski definition) is 6. The van der Waals surface area contributed by atoms with Crippen LogP contribution < -0.4 is 10.9 Å². The van der Waals surface area contributed by atoms with E-state index in [9.17, 15) is 0 Å².